The van der Waals surface area contributed by atoms with Gasteiger partial charge in [-0.3, -0.25) is 10.1 Å². The van der Waals surface area contributed by atoms with Crippen LogP contribution in [0.2, 0.25) is 5.02 Å². The highest BCUT2D eigenvalue weighted by molar-refractivity contribution is 6.30. The summed E-state index contributed by atoms with van der Waals surface area (Å²) in [7, 11) is 0. The van der Waals surface area contributed by atoms with E-state index in [1.54, 1.807) is 48.9 Å². The summed E-state index contributed by atoms with van der Waals surface area (Å²) in [6.07, 6.45) is 6.93. The molecule has 2 aromatic heterocycles. The van der Waals surface area contributed by atoms with E-state index in [-0.39, 0.29) is 11.8 Å². The summed E-state index contributed by atoms with van der Waals surface area (Å²) in [5.41, 5.74) is 1.55. The van der Waals surface area contributed by atoms with Crippen LogP contribution in [0.4, 0.5) is 11.9 Å². The molecule has 0 spiro atoms. The predicted molar refractivity (Wildman–Crippen MR) is 107 cm³/mol. The average molecular weight is 395 g/mol. The molecule has 1 aliphatic heterocycles. The first-order valence-electron chi connectivity index (χ1n) is 9.11. The van der Waals surface area contributed by atoms with Crippen LogP contribution in [-0.2, 0) is 0 Å². The fourth-order valence-electron chi connectivity index (χ4n) is 3.30. The topological polar surface area (TPSA) is 83.9 Å². The SMILES string of the molecule is O=C(c1ccc(Cl)cc1)N1CCCC(c2ccnc(Nc3ncccn3)n2)C1. The molecule has 3 heterocycles. The van der Waals surface area contributed by atoms with Gasteiger partial charge in [-0.15, -0.1) is 0 Å². The first-order chi connectivity index (χ1) is 13.7. The smallest absolute Gasteiger partial charge is 0.253 e. The number of benzene rings is 1. The van der Waals surface area contributed by atoms with Gasteiger partial charge in [-0.2, -0.15) is 0 Å². The van der Waals surface area contributed by atoms with Gasteiger partial charge in [-0.1, -0.05) is 11.6 Å². The third-order valence-electron chi connectivity index (χ3n) is 4.68. The molecule has 0 saturated carbocycles. The Labute approximate surface area is 167 Å². The monoisotopic (exact) mass is 394 g/mol. The lowest BCUT2D eigenvalue weighted by Gasteiger charge is -2.32. The second kappa shape index (κ2) is 8.31. The minimum atomic E-state index is 0.0199. The van der Waals surface area contributed by atoms with Crippen LogP contribution in [0.15, 0.2) is 55.0 Å². The molecule has 1 atom stereocenters. The van der Waals surface area contributed by atoms with Crippen LogP contribution in [0.3, 0.4) is 0 Å². The van der Waals surface area contributed by atoms with E-state index >= 15 is 0 Å². The Balaban J connectivity index is 1.48. The Bertz CT molecular complexity index is 950. The number of anilines is 2. The molecule has 0 radical (unpaired) electrons. The summed E-state index contributed by atoms with van der Waals surface area (Å²) in [4.78, 5) is 31.8. The largest absolute Gasteiger partial charge is 0.338 e. The van der Waals surface area contributed by atoms with E-state index in [4.69, 9.17) is 11.6 Å². The fraction of sp³-hybridized carbons (Fsp3) is 0.250. The van der Waals surface area contributed by atoms with Gasteiger partial charge in [-0.25, -0.2) is 19.9 Å². The molecule has 28 heavy (non-hydrogen) atoms. The number of likely N-dealkylation sites (tertiary alicyclic amines) is 1. The minimum Gasteiger partial charge on any atom is -0.338 e. The molecule has 1 saturated heterocycles. The van der Waals surface area contributed by atoms with Crippen molar-refractivity contribution in [1.82, 2.24) is 24.8 Å². The Morgan fingerprint density at radius 3 is 2.57 bits per heavy atom. The van der Waals surface area contributed by atoms with E-state index in [1.807, 2.05) is 11.0 Å². The van der Waals surface area contributed by atoms with Crippen molar-refractivity contribution >= 4 is 29.4 Å². The highest BCUT2D eigenvalue weighted by Crippen LogP contribution is 2.27. The number of nitrogens with zero attached hydrogens (tertiary/aromatic N) is 5. The third kappa shape index (κ3) is 4.26. The minimum absolute atomic E-state index is 0.0199. The number of rotatable bonds is 4. The van der Waals surface area contributed by atoms with Crippen molar-refractivity contribution in [2.75, 3.05) is 18.4 Å². The van der Waals surface area contributed by atoms with Crippen LogP contribution >= 0.6 is 11.6 Å². The summed E-state index contributed by atoms with van der Waals surface area (Å²) in [6.45, 7) is 1.37. The zero-order valence-electron chi connectivity index (χ0n) is 15.1. The van der Waals surface area contributed by atoms with E-state index in [0.29, 0.717) is 29.0 Å². The van der Waals surface area contributed by atoms with E-state index in [9.17, 15) is 4.79 Å². The molecular formula is C20H19ClN6O. The number of halogens is 1. The lowest BCUT2D eigenvalue weighted by Crippen LogP contribution is -2.39. The molecule has 7 nitrogen and oxygen atoms in total. The number of carbonyl (C=O) groups excluding carboxylic acids is 1. The van der Waals surface area contributed by atoms with Crippen molar-refractivity contribution in [1.29, 1.82) is 0 Å². The average Bonchev–Trinajstić information content (AvgIpc) is 2.75. The maximum Gasteiger partial charge on any atom is 0.253 e. The van der Waals surface area contributed by atoms with Crippen molar-refractivity contribution in [3.05, 3.63) is 71.3 Å². The van der Waals surface area contributed by atoms with Crippen molar-refractivity contribution in [2.45, 2.75) is 18.8 Å². The van der Waals surface area contributed by atoms with Gasteiger partial charge >= 0.3 is 0 Å². The first kappa shape index (κ1) is 18.3. The molecule has 1 N–H and O–H groups in total. The Morgan fingerprint density at radius 1 is 1.04 bits per heavy atom. The Kier molecular flexibility index (Phi) is 5.43. The zero-order chi connectivity index (χ0) is 19.3. The Hall–Kier alpha value is -3.06. The van der Waals surface area contributed by atoms with Gasteiger partial charge in [0.05, 0.1) is 5.69 Å². The second-order valence-corrected chi connectivity index (χ2v) is 7.04. The molecule has 142 valence electrons. The molecule has 1 amide bonds. The van der Waals surface area contributed by atoms with Gasteiger partial charge in [0, 0.05) is 48.2 Å². The summed E-state index contributed by atoms with van der Waals surface area (Å²) >= 11 is 5.92. The van der Waals surface area contributed by atoms with Crippen LogP contribution < -0.4 is 5.32 Å². The molecule has 1 unspecified atom stereocenters. The highest BCUT2D eigenvalue weighted by atomic mass is 35.5. The van der Waals surface area contributed by atoms with Gasteiger partial charge in [0.25, 0.3) is 5.91 Å². The van der Waals surface area contributed by atoms with Crippen LogP contribution in [0, 0.1) is 0 Å². The summed E-state index contributed by atoms with van der Waals surface area (Å²) < 4.78 is 0. The normalized spacial score (nSPS) is 16.6. The zero-order valence-corrected chi connectivity index (χ0v) is 15.9. The predicted octanol–water partition coefficient (Wildman–Crippen LogP) is 3.68. The lowest BCUT2D eigenvalue weighted by molar-refractivity contribution is 0.0706. The van der Waals surface area contributed by atoms with Crippen LogP contribution in [0.1, 0.15) is 34.8 Å². The fourth-order valence-corrected chi connectivity index (χ4v) is 3.43. The standard InChI is InChI=1S/C20H19ClN6O/c21-16-6-4-14(5-7-16)18(28)27-12-1-3-15(13-27)17-8-11-24-20(25-17)26-19-22-9-2-10-23-19/h2,4-11,15H,1,3,12-13H2,(H,22,23,24,25,26). The molecule has 4 rings (SSSR count). The van der Waals surface area contributed by atoms with Gasteiger partial charge < -0.3 is 4.90 Å². The summed E-state index contributed by atoms with van der Waals surface area (Å²) in [5, 5.41) is 3.63. The maximum absolute atomic E-state index is 12.8. The molecule has 3 aromatic rings. The highest BCUT2D eigenvalue weighted by Gasteiger charge is 2.26. The Morgan fingerprint density at radius 2 is 1.79 bits per heavy atom. The molecule has 0 bridgehead atoms. The number of hydrogen-bond donors (Lipinski definition) is 1. The van der Waals surface area contributed by atoms with Gasteiger partial charge in [0.1, 0.15) is 0 Å². The number of carbonyl (C=O) groups is 1. The molecule has 0 aliphatic carbocycles. The van der Waals surface area contributed by atoms with Crippen LogP contribution in [0.5, 0.6) is 0 Å². The van der Waals surface area contributed by atoms with Crippen molar-refractivity contribution < 1.29 is 4.79 Å². The molecule has 1 aliphatic rings. The number of hydrogen-bond acceptors (Lipinski definition) is 6. The number of amides is 1. The molecule has 8 heteroatoms. The van der Waals surface area contributed by atoms with Crippen molar-refractivity contribution in [2.24, 2.45) is 0 Å². The third-order valence-corrected chi connectivity index (χ3v) is 4.94. The van der Waals surface area contributed by atoms with Gasteiger partial charge in [-0.05, 0) is 49.2 Å². The lowest BCUT2D eigenvalue weighted by atomic mass is 9.94. The van der Waals surface area contributed by atoms with Crippen molar-refractivity contribution in [3.8, 4) is 0 Å². The molecular weight excluding hydrogens is 376 g/mol. The number of piperidine rings is 1. The summed E-state index contributed by atoms with van der Waals surface area (Å²) in [6, 6.07) is 10.7. The number of aromatic nitrogens is 4. The van der Waals surface area contributed by atoms with Crippen LogP contribution in [0.25, 0.3) is 0 Å². The second-order valence-electron chi connectivity index (χ2n) is 6.60. The van der Waals surface area contributed by atoms with Gasteiger partial charge in [0.2, 0.25) is 11.9 Å². The van der Waals surface area contributed by atoms with E-state index in [1.165, 1.54) is 0 Å². The van der Waals surface area contributed by atoms with Gasteiger partial charge in [0.15, 0.2) is 0 Å². The molecule has 1 fully saturated rings. The van der Waals surface area contributed by atoms with E-state index in [2.05, 4.69) is 25.3 Å². The quantitative estimate of drug-likeness (QED) is 0.726. The van der Waals surface area contributed by atoms with Crippen LogP contribution in [-0.4, -0.2) is 43.8 Å². The van der Waals surface area contributed by atoms with E-state index < -0.39 is 0 Å². The number of nitrogens with one attached hydrogen (secondary N) is 1. The maximum atomic E-state index is 12.8. The van der Waals surface area contributed by atoms with Crippen molar-refractivity contribution in [3.63, 3.8) is 0 Å². The first-order valence-corrected chi connectivity index (χ1v) is 9.48. The van der Waals surface area contributed by atoms with E-state index in [0.717, 1.165) is 25.1 Å². The molecule has 1 aromatic carbocycles. The summed E-state index contributed by atoms with van der Waals surface area (Å²) in [5.74, 6) is 1.07.